The molecular weight excluding hydrogens is 246 g/mol. The number of nitrogens with zero attached hydrogens (tertiary/aromatic N) is 1. The van der Waals surface area contributed by atoms with E-state index in [9.17, 15) is 9.59 Å². The minimum atomic E-state index is -0.177. The maximum atomic E-state index is 11.9. The average molecular weight is 267 g/mol. The molecule has 6 nitrogen and oxygen atoms in total. The number of carbonyl (C=O) groups is 2. The van der Waals surface area contributed by atoms with Gasteiger partial charge >= 0.3 is 0 Å². The Hall–Kier alpha value is -1.66. The van der Waals surface area contributed by atoms with E-state index in [4.69, 9.17) is 4.74 Å². The van der Waals surface area contributed by atoms with E-state index in [1.807, 2.05) is 0 Å². The van der Waals surface area contributed by atoms with Gasteiger partial charge in [-0.3, -0.25) is 9.59 Å². The summed E-state index contributed by atoms with van der Waals surface area (Å²) in [6, 6.07) is 1.61. The topological polar surface area (TPSA) is 72.4 Å². The first-order chi connectivity index (χ1) is 9.06. The van der Waals surface area contributed by atoms with Crippen molar-refractivity contribution in [3.63, 3.8) is 0 Å². The molecule has 0 spiro atoms. The number of carbonyl (C=O) groups excluding carboxylic acids is 2. The van der Waals surface area contributed by atoms with E-state index in [-0.39, 0.29) is 11.7 Å². The van der Waals surface area contributed by atoms with Crippen molar-refractivity contribution in [2.75, 3.05) is 33.4 Å². The largest absolute Gasteiger partial charge is 0.383 e. The smallest absolute Gasteiger partial charge is 0.267 e. The van der Waals surface area contributed by atoms with Crippen molar-refractivity contribution >= 4 is 11.7 Å². The van der Waals surface area contributed by atoms with Crippen LogP contribution in [0.5, 0.6) is 0 Å². The van der Waals surface area contributed by atoms with E-state index in [1.165, 1.54) is 6.92 Å². The zero-order valence-corrected chi connectivity index (χ0v) is 11.7. The van der Waals surface area contributed by atoms with E-state index >= 15 is 0 Å². The van der Waals surface area contributed by atoms with Gasteiger partial charge in [0, 0.05) is 45.6 Å². The predicted octanol–water partition coefficient (Wildman–Crippen LogP) is 0.194. The number of methoxy groups -OCH3 is 1. The van der Waals surface area contributed by atoms with Crippen LogP contribution in [0.4, 0.5) is 0 Å². The van der Waals surface area contributed by atoms with E-state index in [1.54, 1.807) is 31.0 Å². The van der Waals surface area contributed by atoms with Gasteiger partial charge in [0.25, 0.3) is 5.91 Å². The Labute approximate surface area is 113 Å². The number of hydrogen-bond donors (Lipinski definition) is 2. The zero-order chi connectivity index (χ0) is 14.3. The summed E-state index contributed by atoms with van der Waals surface area (Å²) < 4.78 is 6.55. The van der Waals surface area contributed by atoms with Crippen molar-refractivity contribution in [2.45, 2.75) is 6.92 Å². The van der Waals surface area contributed by atoms with Crippen LogP contribution in [-0.4, -0.2) is 49.6 Å². The highest BCUT2D eigenvalue weighted by Crippen LogP contribution is 2.07. The van der Waals surface area contributed by atoms with Crippen LogP contribution in [-0.2, 0) is 11.8 Å². The Kier molecular flexibility index (Phi) is 6.24. The molecule has 1 rings (SSSR count). The lowest BCUT2D eigenvalue weighted by molar-refractivity contribution is 0.0945. The summed E-state index contributed by atoms with van der Waals surface area (Å²) in [7, 11) is 3.39. The van der Waals surface area contributed by atoms with Crippen LogP contribution in [0, 0.1) is 0 Å². The first-order valence-corrected chi connectivity index (χ1v) is 6.21. The molecule has 0 fully saturated rings. The fourth-order valence-corrected chi connectivity index (χ4v) is 1.64. The predicted molar refractivity (Wildman–Crippen MR) is 72.5 cm³/mol. The molecule has 6 heteroatoms. The summed E-state index contributed by atoms with van der Waals surface area (Å²) in [4.78, 5) is 23.1. The molecule has 106 valence electrons. The number of amides is 1. The van der Waals surface area contributed by atoms with Gasteiger partial charge in [-0.05, 0) is 13.0 Å². The van der Waals surface area contributed by atoms with Gasteiger partial charge in [-0.15, -0.1) is 0 Å². The Balaban J connectivity index is 2.39. The molecule has 19 heavy (non-hydrogen) atoms. The van der Waals surface area contributed by atoms with Crippen LogP contribution < -0.4 is 10.6 Å². The Morgan fingerprint density at radius 2 is 2.05 bits per heavy atom. The minimum Gasteiger partial charge on any atom is -0.383 e. The third kappa shape index (κ3) is 4.84. The molecule has 1 heterocycles. The summed E-state index contributed by atoms with van der Waals surface area (Å²) in [5, 5.41) is 5.93. The van der Waals surface area contributed by atoms with Gasteiger partial charge in [-0.25, -0.2) is 0 Å². The van der Waals surface area contributed by atoms with Crippen LogP contribution in [0.15, 0.2) is 12.3 Å². The highest BCUT2D eigenvalue weighted by Gasteiger charge is 2.12. The molecule has 0 bridgehead atoms. The van der Waals surface area contributed by atoms with Gasteiger partial charge in [-0.1, -0.05) is 0 Å². The van der Waals surface area contributed by atoms with Gasteiger partial charge in [0.2, 0.25) is 0 Å². The molecule has 1 amide bonds. The van der Waals surface area contributed by atoms with Crippen molar-refractivity contribution < 1.29 is 14.3 Å². The van der Waals surface area contributed by atoms with Crippen LogP contribution >= 0.6 is 0 Å². The molecule has 0 aliphatic carbocycles. The second-order valence-corrected chi connectivity index (χ2v) is 4.28. The number of Topliss-reactive ketones (excluding diaryl/α,β-unsaturated/α-hetero) is 1. The molecule has 1 aromatic rings. The molecule has 0 radical (unpaired) electrons. The third-order valence-corrected chi connectivity index (χ3v) is 2.71. The quantitative estimate of drug-likeness (QED) is 0.521. The number of nitrogens with one attached hydrogen (secondary N) is 2. The van der Waals surface area contributed by atoms with Gasteiger partial charge in [0.1, 0.15) is 5.69 Å². The molecule has 2 N–H and O–H groups in total. The lowest BCUT2D eigenvalue weighted by atomic mass is 10.2. The molecule has 1 aromatic heterocycles. The second-order valence-electron chi connectivity index (χ2n) is 4.28. The van der Waals surface area contributed by atoms with Gasteiger partial charge in [0.15, 0.2) is 5.78 Å². The molecule has 0 aliphatic rings. The van der Waals surface area contributed by atoms with Crippen LogP contribution in [0.25, 0.3) is 0 Å². The van der Waals surface area contributed by atoms with E-state index in [0.717, 1.165) is 6.54 Å². The summed E-state index contributed by atoms with van der Waals surface area (Å²) in [6.45, 7) is 4.09. The number of rotatable bonds is 8. The van der Waals surface area contributed by atoms with Crippen molar-refractivity contribution in [1.82, 2.24) is 15.2 Å². The van der Waals surface area contributed by atoms with E-state index < -0.39 is 0 Å². The second kappa shape index (κ2) is 7.70. The third-order valence-electron chi connectivity index (χ3n) is 2.71. The molecule has 0 aromatic carbocycles. The Bertz CT molecular complexity index is 440. The highest BCUT2D eigenvalue weighted by molar-refractivity contribution is 5.99. The van der Waals surface area contributed by atoms with Gasteiger partial charge in [-0.2, -0.15) is 0 Å². The first-order valence-electron chi connectivity index (χ1n) is 6.21. The van der Waals surface area contributed by atoms with Crippen molar-refractivity contribution in [3.8, 4) is 0 Å². The number of aryl methyl sites for hydroxylation is 1. The van der Waals surface area contributed by atoms with E-state index in [2.05, 4.69) is 10.6 Å². The molecule has 0 saturated heterocycles. The van der Waals surface area contributed by atoms with Crippen LogP contribution in [0.3, 0.4) is 0 Å². The summed E-state index contributed by atoms with van der Waals surface area (Å²) in [5.74, 6) is -0.223. The standard InChI is InChI=1S/C13H21N3O3/c1-10(17)11-8-12(16(2)9-11)13(18)15-5-4-14-6-7-19-3/h8-9,14H,4-7H2,1-3H3,(H,15,18). The van der Waals surface area contributed by atoms with Gasteiger partial charge in [0.05, 0.1) is 6.61 Å². The Morgan fingerprint density at radius 3 is 2.63 bits per heavy atom. The molecule has 0 aliphatic heterocycles. The highest BCUT2D eigenvalue weighted by atomic mass is 16.5. The lowest BCUT2D eigenvalue weighted by Crippen LogP contribution is -2.33. The number of hydrogen-bond acceptors (Lipinski definition) is 4. The number of ketones is 1. The number of aromatic nitrogens is 1. The molecule has 0 atom stereocenters. The average Bonchev–Trinajstić information content (AvgIpc) is 2.76. The van der Waals surface area contributed by atoms with Crippen LogP contribution in [0.1, 0.15) is 27.8 Å². The number of ether oxygens (including phenoxy) is 1. The fraction of sp³-hybridized carbons (Fsp3) is 0.538. The maximum Gasteiger partial charge on any atom is 0.267 e. The van der Waals surface area contributed by atoms with Crippen molar-refractivity contribution in [2.24, 2.45) is 7.05 Å². The van der Waals surface area contributed by atoms with Crippen molar-refractivity contribution in [3.05, 3.63) is 23.5 Å². The van der Waals surface area contributed by atoms with Crippen LogP contribution in [0.2, 0.25) is 0 Å². The van der Waals surface area contributed by atoms with E-state index in [0.29, 0.717) is 31.0 Å². The summed E-state index contributed by atoms with van der Waals surface area (Å²) in [5.41, 5.74) is 1.04. The minimum absolute atomic E-state index is 0.0455. The van der Waals surface area contributed by atoms with Gasteiger partial charge < -0.3 is 19.9 Å². The zero-order valence-electron chi connectivity index (χ0n) is 11.7. The fourth-order valence-electron chi connectivity index (χ4n) is 1.64. The normalized spacial score (nSPS) is 10.5. The monoisotopic (exact) mass is 267 g/mol. The molecule has 0 saturated carbocycles. The lowest BCUT2D eigenvalue weighted by Gasteiger charge is -2.07. The summed E-state index contributed by atoms with van der Waals surface area (Å²) >= 11 is 0. The van der Waals surface area contributed by atoms with Crippen molar-refractivity contribution in [1.29, 1.82) is 0 Å². The SMILES string of the molecule is COCCNCCNC(=O)c1cc(C(C)=O)cn1C. The first kappa shape index (κ1) is 15.4. The molecular formula is C13H21N3O3. The summed E-state index contributed by atoms with van der Waals surface area (Å²) in [6.07, 6.45) is 1.66. The molecule has 0 unspecified atom stereocenters. The maximum absolute atomic E-state index is 11.9. The Morgan fingerprint density at radius 1 is 1.32 bits per heavy atom.